The third-order valence-electron chi connectivity index (χ3n) is 0.911. The van der Waals surface area contributed by atoms with Crippen LogP contribution in [0.25, 0.3) is 4.98 Å². The summed E-state index contributed by atoms with van der Waals surface area (Å²) in [5, 5.41) is 8.12. The summed E-state index contributed by atoms with van der Waals surface area (Å²) in [6, 6.07) is 1.29. The third kappa shape index (κ3) is 1.57. The molecule has 0 aliphatic rings. The van der Waals surface area contributed by atoms with Crippen molar-refractivity contribution in [3.63, 3.8) is 0 Å². The molecule has 1 aromatic heterocycles. The number of nitrogens with zero attached hydrogens (tertiary/aromatic N) is 2. The highest BCUT2D eigenvalue weighted by Crippen LogP contribution is 1.97. The Morgan fingerprint density at radius 1 is 1.60 bits per heavy atom. The van der Waals surface area contributed by atoms with Crippen molar-refractivity contribution < 1.29 is 12.4 Å². The molecule has 10 heavy (non-hydrogen) atoms. The molecule has 0 atom stereocenters. The first-order valence-corrected chi connectivity index (χ1v) is 2.37. The lowest BCUT2D eigenvalue weighted by Gasteiger charge is -1.72. The first-order valence-electron chi connectivity index (χ1n) is 2.37. The van der Waals surface area contributed by atoms with Crippen LogP contribution in [-0.4, -0.2) is 4.98 Å². The number of diazo groups is 1. The molecule has 0 aliphatic heterocycles. The molecule has 1 rings (SSSR count). The van der Waals surface area contributed by atoms with Gasteiger partial charge in [0.25, 0.3) is 5.43 Å². The second-order valence-electron chi connectivity index (χ2n) is 1.49. The lowest BCUT2D eigenvalue weighted by atomic mass is 10.4. The summed E-state index contributed by atoms with van der Waals surface area (Å²) in [6.07, 6.45) is 2.79. The van der Waals surface area contributed by atoms with Gasteiger partial charge in [0.1, 0.15) is 6.20 Å². The second kappa shape index (κ2) is 3.64. The van der Waals surface area contributed by atoms with Gasteiger partial charge in [-0.05, 0) is 0 Å². The van der Waals surface area contributed by atoms with Gasteiger partial charge in [0.2, 0.25) is 5.39 Å². The molecular weight excluding hydrogens is 154 g/mol. The molecule has 0 saturated carbocycles. The van der Waals surface area contributed by atoms with E-state index < -0.39 is 0 Å². The van der Waals surface area contributed by atoms with Crippen molar-refractivity contribution in [2.24, 2.45) is 0 Å². The molecule has 0 fully saturated rings. The van der Waals surface area contributed by atoms with Crippen molar-refractivity contribution in [3.8, 4) is 0 Å². The summed E-state index contributed by atoms with van der Waals surface area (Å²) in [5.41, 5.74) is -0.270. The zero-order valence-corrected chi connectivity index (χ0v) is 5.67. The first-order chi connectivity index (χ1) is 4.34. The Hall–Kier alpha value is -1.34. The topological polar surface area (TPSA) is 61.0 Å². The smallest absolute Gasteiger partial charge is 0.447 e. The van der Waals surface area contributed by atoms with Crippen LogP contribution < -0.4 is 17.8 Å². The molecule has 1 heterocycles. The molecule has 5 heteroatoms. The molecule has 0 aromatic carbocycles. The molecule has 0 amide bonds. The predicted octanol–water partition coefficient (Wildman–Crippen LogP) is -2.14. The maximum absolute atomic E-state index is 10.6. The minimum Gasteiger partial charge on any atom is -1.00 e. The largest absolute Gasteiger partial charge is 1.00 e. The van der Waals surface area contributed by atoms with Gasteiger partial charge in [-0.1, -0.05) is 0 Å². The minimum absolute atomic E-state index is 0. The maximum Gasteiger partial charge on any atom is 0.447 e. The molecular formula is C5H4ClN3O. The summed E-state index contributed by atoms with van der Waals surface area (Å²) in [7, 11) is 0. The number of H-pyrrole nitrogens is 1. The number of hydrogen-bond acceptors (Lipinski definition) is 2. The van der Waals surface area contributed by atoms with E-state index in [9.17, 15) is 4.79 Å². The van der Waals surface area contributed by atoms with Crippen LogP contribution in [0.4, 0.5) is 5.69 Å². The fourth-order valence-corrected chi connectivity index (χ4v) is 0.486. The van der Waals surface area contributed by atoms with Gasteiger partial charge in [-0.15, -0.1) is 0 Å². The highest BCUT2D eigenvalue weighted by Gasteiger charge is 2.06. The number of aromatic amines is 1. The Morgan fingerprint density at radius 2 is 2.30 bits per heavy atom. The van der Waals surface area contributed by atoms with Gasteiger partial charge >= 0.3 is 5.69 Å². The van der Waals surface area contributed by atoms with E-state index in [2.05, 4.69) is 9.96 Å². The van der Waals surface area contributed by atoms with E-state index in [1.807, 2.05) is 0 Å². The molecule has 1 N–H and O–H groups in total. The Labute approximate surface area is 62.9 Å². The van der Waals surface area contributed by atoms with E-state index in [4.69, 9.17) is 5.39 Å². The number of nitrogens with one attached hydrogen (secondary N) is 1. The lowest BCUT2D eigenvalue weighted by molar-refractivity contribution is -0.00000216. The molecule has 1 aromatic rings. The first kappa shape index (κ1) is 8.66. The average molecular weight is 158 g/mol. The van der Waals surface area contributed by atoms with Crippen LogP contribution in [-0.2, 0) is 0 Å². The normalized spacial score (nSPS) is 7.50. The maximum atomic E-state index is 10.6. The van der Waals surface area contributed by atoms with E-state index in [0.29, 0.717) is 0 Å². The number of aromatic nitrogens is 1. The zero-order chi connectivity index (χ0) is 6.69. The quantitative estimate of drug-likeness (QED) is 0.437. The Balaban J connectivity index is 0.000000810. The van der Waals surface area contributed by atoms with Crippen LogP contribution in [0, 0.1) is 5.39 Å². The highest BCUT2D eigenvalue weighted by atomic mass is 35.5. The number of rotatable bonds is 0. The van der Waals surface area contributed by atoms with Gasteiger partial charge in [-0.2, -0.15) is 0 Å². The number of halogens is 1. The minimum atomic E-state index is -0.295. The monoisotopic (exact) mass is 157 g/mol. The van der Waals surface area contributed by atoms with Crippen molar-refractivity contribution in [2.45, 2.75) is 0 Å². The van der Waals surface area contributed by atoms with Gasteiger partial charge in [-0.3, -0.25) is 4.79 Å². The van der Waals surface area contributed by atoms with Crippen LogP contribution >= 0.6 is 0 Å². The van der Waals surface area contributed by atoms with E-state index >= 15 is 0 Å². The van der Waals surface area contributed by atoms with Crippen LogP contribution in [0.3, 0.4) is 0 Å². The summed E-state index contributed by atoms with van der Waals surface area (Å²) < 4.78 is 0. The van der Waals surface area contributed by atoms with Crippen LogP contribution in [0.2, 0.25) is 0 Å². The third-order valence-corrected chi connectivity index (χ3v) is 0.911. The summed E-state index contributed by atoms with van der Waals surface area (Å²) in [6.45, 7) is 0. The van der Waals surface area contributed by atoms with Gasteiger partial charge in [0.05, 0.1) is 0 Å². The van der Waals surface area contributed by atoms with Gasteiger partial charge in [0.15, 0.2) is 4.98 Å². The molecule has 0 bridgehead atoms. The second-order valence-corrected chi connectivity index (χ2v) is 1.49. The summed E-state index contributed by atoms with van der Waals surface area (Å²) >= 11 is 0. The van der Waals surface area contributed by atoms with Crippen LogP contribution in [0.1, 0.15) is 0 Å². The molecule has 52 valence electrons. The standard InChI is InChI=1S/C5H3N3O.ClH/c6-8-4-3-7-2-1-5(4)9;/h1-3H;1H. The average Bonchev–Trinajstić information content (AvgIpc) is 1.89. The number of hydrogen-bond donors (Lipinski definition) is 1. The Bertz CT molecular complexity index is 300. The SMILES string of the molecule is N#[N+]c1c[nH]ccc1=O.[Cl-]. The van der Waals surface area contributed by atoms with Crippen LogP contribution in [0.15, 0.2) is 23.3 Å². The van der Waals surface area contributed by atoms with Crippen LogP contribution in [0.5, 0.6) is 0 Å². The van der Waals surface area contributed by atoms with Gasteiger partial charge in [0, 0.05) is 12.3 Å². The molecule has 0 radical (unpaired) electrons. The van der Waals surface area contributed by atoms with E-state index in [1.165, 1.54) is 18.5 Å². The van der Waals surface area contributed by atoms with Crippen molar-refractivity contribution in [3.05, 3.63) is 33.7 Å². The van der Waals surface area contributed by atoms with Crippen molar-refractivity contribution >= 4 is 5.69 Å². The van der Waals surface area contributed by atoms with Crippen molar-refractivity contribution in [2.75, 3.05) is 0 Å². The molecule has 0 saturated heterocycles. The fourth-order valence-electron chi connectivity index (χ4n) is 0.486. The Kier molecular flexibility index (Phi) is 3.15. The van der Waals surface area contributed by atoms with E-state index in [-0.39, 0.29) is 23.5 Å². The fraction of sp³-hybridized carbons (Fsp3) is 0. The zero-order valence-electron chi connectivity index (χ0n) is 4.91. The van der Waals surface area contributed by atoms with E-state index in [1.54, 1.807) is 0 Å². The molecule has 0 spiro atoms. The van der Waals surface area contributed by atoms with Crippen molar-refractivity contribution in [1.82, 2.24) is 4.98 Å². The molecule has 0 aliphatic carbocycles. The van der Waals surface area contributed by atoms with Crippen molar-refractivity contribution in [1.29, 1.82) is 5.39 Å². The summed E-state index contributed by atoms with van der Waals surface area (Å²) in [5.74, 6) is 0. The van der Waals surface area contributed by atoms with E-state index in [0.717, 1.165) is 0 Å². The predicted molar refractivity (Wildman–Crippen MR) is 31.8 cm³/mol. The molecule has 4 nitrogen and oxygen atoms in total. The molecule has 0 unspecified atom stereocenters. The summed E-state index contributed by atoms with van der Waals surface area (Å²) in [4.78, 5) is 15.9. The van der Waals surface area contributed by atoms with Gasteiger partial charge < -0.3 is 17.4 Å². The number of pyridine rings is 1. The lowest BCUT2D eigenvalue weighted by Crippen LogP contribution is -3.00. The Morgan fingerprint density at radius 3 is 2.70 bits per heavy atom. The van der Waals surface area contributed by atoms with Gasteiger partial charge in [-0.25, -0.2) is 0 Å². The highest BCUT2D eigenvalue weighted by molar-refractivity contribution is 5.39.